The number of nitrogen functional groups attached to an aromatic ring is 1. The Morgan fingerprint density at radius 2 is 1.94 bits per heavy atom. The molecule has 0 spiro atoms. The fourth-order valence-corrected chi connectivity index (χ4v) is 4.25. The van der Waals surface area contributed by atoms with E-state index in [1.807, 2.05) is 29.2 Å². The number of anilines is 1. The third-order valence-electron chi connectivity index (χ3n) is 5.93. The van der Waals surface area contributed by atoms with Gasteiger partial charge in [-0.3, -0.25) is 4.79 Å². The molecule has 2 heterocycles. The van der Waals surface area contributed by atoms with Gasteiger partial charge in [0, 0.05) is 30.3 Å². The molecule has 3 aromatic rings. The van der Waals surface area contributed by atoms with E-state index in [1.54, 1.807) is 31.5 Å². The largest absolute Gasteiger partial charge is 0.497 e. The monoisotopic (exact) mass is 434 g/mol. The molecule has 1 aromatic heterocycles. The molecule has 0 bridgehead atoms. The Kier molecular flexibility index (Phi) is 6.63. The SMILES string of the molecule is COc1ccc(CCC(=O)N2CCCCC2c2nc(N)ncc2-c2ccccc2F)cc1. The maximum absolute atomic E-state index is 14.6. The highest BCUT2D eigenvalue weighted by Gasteiger charge is 2.31. The van der Waals surface area contributed by atoms with E-state index >= 15 is 0 Å². The molecule has 166 valence electrons. The summed E-state index contributed by atoms with van der Waals surface area (Å²) in [5.74, 6) is 0.618. The summed E-state index contributed by atoms with van der Waals surface area (Å²) in [5, 5.41) is 0. The Morgan fingerprint density at radius 1 is 1.16 bits per heavy atom. The molecule has 7 heteroatoms. The Morgan fingerprint density at radius 3 is 2.69 bits per heavy atom. The highest BCUT2D eigenvalue weighted by Crippen LogP contribution is 2.37. The Labute approximate surface area is 187 Å². The third-order valence-corrected chi connectivity index (χ3v) is 5.93. The van der Waals surface area contributed by atoms with Crippen LogP contribution in [0.3, 0.4) is 0 Å². The molecular formula is C25H27FN4O2. The van der Waals surface area contributed by atoms with Crippen molar-refractivity contribution in [1.29, 1.82) is 0 Å². The van der Waals surface area contributed by atoms with Crippen LogP contribution in [0.25, 0.3) is 11.1 Å². The number of hydrogen-bond acceptors (Lipinski definition) is 5. The second-order valence-corrected chi connectivity index (χ2v) is 7.95. The molecule has 1 amide bonds. The molecule has 2 N–H and O–H groups in total. The number of aryl methyl sites for hydroxylation is 1. The van der Waals surface area contributed by atoms with Crippen LogP contribution in [-0.4, -0.2) is 34.4 Å². The van der Waals surface area contributed by atoms with Gasteiger partial charge >= 0.3 is 0 Å². The molecule has 4 rings (SSSR count). The minimum Gasteiger partial charge on any atom is -0.497 e. The van der Waals surface area contributed by atoms with Gasteiger partial charge in [-0.05, 0) is 49.4 Å². The number of benzene rings is 2. The smallest absolute Gasteiger partial charge is 0.223 e. The van der Waals surface area contributed by atoms with Gasteiger partial charge < -0.3 is 15.4 Å². The molecule has 1 aliphatic rings. The summed E-state index contributed by atoms with van der Waals surface area (Å²) in [6.45, 7) is 0.646. The predicted octanol–water partition coefficient (Wildman–Crippen LogP) is 4.56. The van der Waals surface area contributed by atoms with Gasteiger partial charge in [0.2, 0.25) is 11.9 Å². The molecule has 0 radical (unpaired) electrons. The summed E-state index contributed by atoms with van der Waals surface area (Å²) in [5.41, 5.74) is 8.58. The zero-order valence-corrected chi connectivity index (χ0v) is 18.1. The zero-order valence-electron chi connectivity index (χ0n) is 18.1. The fraction of sp³-hybridized carbons (Fsp3) is 0.320. The van der Waals surface area contributed by atoms with Crippen LogP contribution in [0.4, 0.5) is 10.3 Å². The molecule has 0 saturated carbocycles. The summed E-state index contributed by atoms with van der Waals surface area (Å²) in [6.07, 6.45) is 5.24. The van der Waals surface area contributed by atoms with E-state index in [2.05, 4.69) is 9.97 Å². The molecule has 32 heavy (non-hydrogen) atoms. The molecule has 1 fully saturated rings. The van der Waals surface area contributed by atoms with Crippen molar-refractivity contribution >= 4 is 11.9 Å². The van der Waals surface area contributed by atoms with Crippen molar-refractivity contribution < 1.29 is 13.9 Å². The van der Waals surface area contributed by atoms with E-state index in [0.717, 1.165) is 30.6 Å². The Bertz CT molecular complexity index is 1090. The third kappa shape index (κ3) is 4.72. The van der Waals surface area contributed by atoms with Crippen LogP contribution in [0.5, 0.6) is 5.75 Å². The number of hydrogen-bond donors (Lipinski definition) is 1. The van der Waals surface area contributed by atoms with E-state index in [-0.39, 0.29) is 23.7 Å². The first-order valence-electron chi connectivity index (χ1n) is 10.9. The molecule has 1 atom stereocenters. The first-order valence-corrected chi connectivity index (χ1v) is 10.9. The maximum atomic E-state index is 14.6. The van der Waals surface area contributed by atoms with Crippen LogP contribution in [0.15, 0.2) is 54.7 Å². The molecule has 1 aliphatic heterocycles. The number of piperidine rings is 1. The van der Waals surface area contributed by atoms with Gasteiger partial charge in [0.05, 0.1) is 18.8 Å². The normalized spacial score (nSPS) is 16.1. The van der Waals surface area contributed by atoms with Crippen molar-refractivity contribution in [1.82, 2.24) is 14.9 Å². The Hall–Kier alpha value is -3.48. The lowest BCUT2D eigenvalue weighted by Crippen LogP contribution is -2.39. The minimum absolute atomic E-state index is 0.0576. The number of nitrogens with zero attached hydrogens (tertiary/aromatic N) is 3. The van der Waals surface area contributed by atoms with Crippen LogP contribution in [0.2, 0.25) is 0 Å². The maximum Gasteiger partial charge on any atom is 0.223 e. The van der Waals surface area contributed by atoms with Crippen LogP contribution < -0.4 is 10.5 Å². The number of nitrogens with two attached hydrogens (primary N) is 1. The van der Waals surface area contributed by atoms with Crippen molar-refractivity contribution in [2.75, 3.05) is 19.4 Å². The van der Waals surface area contributed by atoms with Crippen molar-refractivity contribution in [2.24, 2.45) is 0 Å². The van der Waals surface area contributed by atoms with Crippen molar-refractivity contribution in [3.05, 3.63) is 71.8 Å². The quantitative estimate of drug-likeness (QED) is 0.615. The van der Waals surface area contributed by atoms with Gasteiger partial charge in [0.25, 0.3) is 0 Å². The van der Waals surface area contributed by atoms with Gasteiger partial charge in [0.15, 0.2) is 0 Å². The average Bonchev–Trinajstić information content (AvgIpc) is 2.83. The number of rotatable bonds is 6. The van der Waals surface area contributed by atoms with E-state index in [9.17, 15) is 9.18 Å². The summed E-state index contributed by atoms with van der Waals surface area (Å²) >= 11 is 0. The lowest BCUT2D eigenvalue weighted by Gasteiger charge is -2.36. The van der Waals surface area contributed by atoms with Crippen LogP contribution >= 0.6 is 0 Å². The number of ether oxygens (including phenoxy) is 1. The number of halogens is 1. The second-order valence-electron chi connectivity index (χ2n) is 7.95. The topological polar surface area (TPSA) is 81.3 Å². The number of likely N-dealkylation sites (tertiary alicyclic amines) is 1. The van der Waals surface area contributed by atoms with Gasteiger partial charge in [-0.1, -0.05) is 30.3 Å². The Balaban J connectivity index is 1.59. The van der Waals surface area contributed by atoms with E-state index < -0.39 is 0 Å². The van der Waals surface area contributed by atoms with Gasteiger partial charge in [-0.15, -0.1) is 0 Å². The van der Waals surface area contributed by atoms with E-state index in [1.165, 1.54) is 6.07 Å². The summed E-state index contributed by atoms with van der Waals surface area (Å²) in [6, 6.07) is 14.0. The highest BCUT2D eigenvalue weighted by molar-refractivity contribution is 5.78. The highest BCUT2D eigenvalue weighted by atomic mass is 19.1. The second kappa shape index (κ2) is 9.77. The standard InChI is InChI=1S/C25H27FN4O2/c1-32-18-12-9-17(10-13-18)11-14-23(31)30-15-5-4-8-22(30)24-20(16-28-25(27)29-24)19-6-2-3-7-21(19)26/h2-3,6-7,9-10,12-13,16,22H,4-5,8,11,14-15H2,1H3,(H2,27,28,29). The number of carbonyl (C=O) groups excluding carboxylic acids is 1. The van der Waals surface area contributed by atoms with Crippen LogP contribution in [-0.2, 0) is 11.2 Å². The molecule has 1 saturated heterocycles. The zero-order chi connectivity index (χ0) is 22.5. The summed E-state index contributed by atoms with van der Waals surface area (Å²) in [7, 11) is 1.63. The number of aromatic nitrogens is 2. The first-order chi connectivity index (χ1) is 15.6. The molecule has 0 aliphatic carbocycles. The molecule has 2 aromatic carbocycles. The van der Waals surface area contributed by atoms with Crippen molar-refractivity contribution in [3.8, 4) is 16.9 Å². The number of methoxy groups -OCH3 is 1. The predicted molar refractivity (Wildman–Crippen MR) is 121 cm³/mol. The van der Waals surface area contributed by atoms with Crippen LogP contribution in [0.1, 0.15) is 43.0 Å². The van der Waals surface area contributed by atoms with E-state index in [0.29, 0.717) is 36.2 Å². The summed E-state index contributed by atoms with van der Waals surface area (Å²) < 4.78 is 19.8. The molecule has 6 nitrogen and oxygen atoms in total. The van der Waals surface area contributed by atoms with Gasteiger partial charge in [-0.25, -0.2) is 14.4 Å². The fourth-order valence-electron chi connectivity index (χ4n) is 4.25. The van der Waals surface area contributed by atoms with Crippen LogP contribution in [0, 0.1) is 5.82 Å². The first kappa shape index (κ1) is 21.7. The van der Waals surface area contributed by atoms with Crippen molar-refractivity contribution in [2.45, 2.75) is 38.1 Å². The number of amides is 1. The van der Waals surface area contributed by atoms with Gasteiger partial charge in [0.1, 0.15) is 11.6 Å². The summed E-state index contributed by atoms with van der Waals surface area (Å²) in [4.78, 5) is 23.7. The van der Waals surface area contributed by atoms with E-state index in [4.69, 9.17) is 10.5 Å². The lowest BCUT2D eigenvalue weighted by molar-refractivity contribution is -0.135. The number of carbonyl (C=O) groups is 1. The lowest BCUT2D eigenvalue weighted by atomic mass is 9.93. The molecular weight excluding hydrogens is 407 g/mol. The average molecular weight is 435 g/mol. The minimum atomic E-state index is -0.352. The van der Waals surface area contributed by atoms with Gasteiger partial charge in [-0.2, -0.15) is 0 Å². The van der Waals surface area contributed by atoms with Crippen molar-refractivity contribution in [3.63, 3.8) is 0 Å². The molecule has 1 unspecified atom stereocenters.